The molecule has 2 saturated heterocycles. The first kappa shape index (κ1) is 17.0. The number of rotatable bonds is 2. The lowest BCUT2D eigenvalue weighted by molar-refractivity contribution is -0.294. The van der Waals surface area contributed by atoms with E-state index in [9.17, 15) is 15.8 Å². The Morgan fingerprint density at radius 3 is 2.16 bits per heavy atom. The van der Waals surface area contributed by atoms with E-state index in [2.05, 4.69) is 6.07 Å². The van der Waals surface area contributed by atoms with E-state index in [4.69, 9.17) is 14.9 Å². The quantitative estimate of drug-likeness (QED) is 0.892. The lowest BCUT2D eigenvalue weighted by Crippen LogP contribution is -2.62. The molecule has 1 N–H and O–H groups in total. The standard InChI is InChI=1S/C19H18N4O2/c1-12(2)15-17(9-20,10-21)18(11-22)13(3)19(24-15,25-16(18)23)14-7-5-4-6-8-14/h4-8,12-13,15,23H,1-3H3. The van der Waals surface area contributed by atoms with Crippen LogP contribution in [0, 0.1) is 62.1 Å². The normalized spacial score (nSPS) is 35.3. The van der Waals surface area contributed by atoms with Crippen molar-refractivity contribution in [2.24, 2.45) is 22.7 Å². The van der Waals surface area contributed by atoms with Crippen molar-refractivity contribution in [1.29, 1.82) is 21.2 Å². The zero-order chi connectivity index (χ0) is 18.5. The van der Waals surface area contributed by atoms with Crippen molar-refractivity contribution in [2.45, 2.75) is 32.7 Å². The van der Waals surface area contributed by atoms with Crippen molar-refractivity contribution in [1.82, 2.24) is 0 Å². The van der Waals surface area contributed by atoms with Gasteiger partial charge in [-0.2, -0.15) is 15.8 Å². The van der Waals surface area contributed by atoms with E-state index in [1.807, 2.05) is 44.2 Å². The molecule has 0 saturated carbocycles. The number of hydrogen-bond acceptors (Lipinski definition) is 6. The third-order valence-electron chi connectivity index (χ3n) is 5.49. The van der Waals surface area contributed by atoms with Crippen molar-refractivity contribution in [2.75, 3.05) is 0 Å². The molecule has 4 unspecified atom stereocenters. The SMILES string of the molecule is CC(C)C1OC2(c3ccccc3)OC(=N)C(C#N)(C2C)C1(C#N)C#N. The fourth-order valence-electron chi connectivity index (χ4n) is 4.20. The fraction of sp³-hybridized carbons (Fsp3) is 0.474. The summed E-state index contributed by atoms with van der Waals surface area (Å²) in [6, 6.07) is 15.2. The average Bonchev–Trinajstić information content (AvgIpc) is 2.79. The summed E-state index contributed by atoms with van der Waals surface area (Å²) >= 11 is 0. The van der Waals surface area contributed by atoms with Gasteiger partial charge in [-0.3, -0.25) is 5.41 Å². The Morgan fingerprint density at radius 2 is 1.68 bits per heavy atom. The highest BCUT2D eigenvalue weighted by molar-refractivity contribution is 5.89. The van der Waals surface area contributed by atoms with Crippen molar-refractivity contribution in [3.05, 3.63) is 35.9 Å². The van der Waals surface area contributed by atoms with E-state index in [1.54, 1.807) is 19.1 Å². The van der Waals surface area contributed by atoms with Crippen LogP contribution in [0.15, 0.2) is 30.3 Å². The molecule has 0 spiro atoms. The molecule has 0 radical (unpaired) electrons. The highest BCUT2D eigenvalue weighted by Crippen LogP contribution is 2.66. The number of nitriles is 3. The molecule has 6 nitrogen and oxygen atoms in total. The van der Waals surface area contributed by atoms with Gasteiger partial charge in [0, 0.05) is 5.56 Å². The van der Waals surface area contributed by atoms with E-state index in [-0.39, 0.29) is 11.8 Å². The van der Waals surface area contributed by atoms with Gasteiger partial charge in [0.25, 0.3) is 0 Å². The second-order valence-electron chi connectivity index (χ2n) is 6.92. The van der Waals surface area contributed by atoms with Gasteiger partial charge in [-0.25, -0.2) is 0 Å². The van der Waals surface area contributed by atoms with Crippen LogP contribution < -0.4 is 0 Å². The average molecular weight is 334 g/mol. The van der Waals surface area contributed by atoms with Crippen LogP contribution in [-0.2, 0) is 15.3 Å². The summed E-state index contributed by atoms with van der Waals surface area (Å²) in [5.74, 6) is -2.66. The lowest BCUT2D eigenvalue weighted by atomic mass is 9.53. The zero-order valence-electron chi connectivity index (χ0n) is 14.3. The van der Waals surface area contributed by atoms with E-state index in [0.29, 0.717) is 5.56 Å². The van der Waals surface area contributed by atoms with E-state index < -0.39 is 28.6 Å². The van der Waals surface area contributed by atoms with E-state index in [0.717, 1.165) is 0 Å². The Labute approximate surface area is 146 Å². The highest BCUT2D eigenvalue weighted by Gasteiger charge is 2.79. The van der Waals surface area contributed by atoms with Gasteiger partial charge in [0.15, 0.2) is 10.8 Å². The summed E-state index contributed by atoms with van der Waals surface area (Å²) < 4.78 is 12.1. The smallest absolute Gasteiger partial charge is 0.243 e. The Balaban J connectivity index is 2.35. The maximum Gasteiger partial charge on any atom is 0.243 e. The summed E-state index contributed by atoms with van der Waals surface area (Å²) in [5.41, 5.74) is -2.85. The number of nitrogens with zero attached hydrogens (tertiary/aromatic N) is 3. The first-order chi connectivity index (χ1) is 11.9. The van der Waals surface area contributed by atoms with Gasteiger partial charge in [-0.1, -0.05) is 51.1 Å². The van der Waals surface area contributed by atoms with Crippen molar-refractivity contribution in [3.8, 4) is 18.2 Å². The van der Waals surface area contributed by atoms with Gasteiger partial charge in [0.05, 0.1) is 30.2 Å². The largest absolute Gasteiger partial charge is 0.443 e. The molecule has 2 bridgehead atoms. The molecule has 1 aromatic carbocycles. The molecule has 0 amide bonds. The Bertz CT molecular complexity index is 831. The minimum Gasteiger partial charge on any atom is -0.443 e. The Hall–Kier alpha value is -2.88. The predicted molar refractivity (Wildman–Crippen MR) is 87.5 cm³/mol. The first-order valence-electron chi connectivity index (χ1n) is 8.11. The molecular weight excluding hydrogens is 316 g/mol. The van der Waals surface area contributed by atoms with Crippen LogP contribution in [0.1, 0.15) is 26.3 Å². The van der Waals surface area contributed by atoms with Crippen molar-refractivity contribution < 1.29 is 9.47 Å². The van der Waals surface area contributed by atoms with Crippen LogP contribution in [0.4, 0.5) is 0 Å². The zero-order valence-corrected chi connectivity index (χ0v) is 14.3. The molecule has 6 heteroatoms. The summed E-state index contributed by atoms with van der Waals surface area (Å²) in [7, 11) is 0. The monoisotopic (exact) mass is 334 g/mol. The third kappa shape index (κ3) is 1.71. The molecule has 2 aliphatic heterocycles. The number of nitrogens with one attached hydrogen (secondary N) is 1. The van der Waals surface area contributed by atoms with Gasteiger partial charge >= 0.3 is 0 Å². The van der Waals surface area contributed by atoms with Gasteiger partial charge in [0.1, 0.15) is 0 Å². The van der Waals surface area contributed by atoms with Crippen LogP contribution in [-0.4, -0.2) is 12.0 Å². The fourth-order valence-corrected chi connectivity index (χ4v) is 4.20. The number of hydrogen-bond donors (Lipinski definition) is 1. The molecule has 2 aliphatic rings. The van der Waals surface area contributed by atoms with Crippen LogP contribution in [0.3, 0.4) is 0 Å². The molecule has 25 heavy (non-hydrogen) atoms. The molecule has 4 atom stereocenters. The summed E-state index contributed by atoms with van der Waals surface area (Å²) in [4.78, 5) is 0. The Kier molecular flexibility index (Phi) is 3.60. The molecule has 0 aliphatic carbocycles. The molecular formula is C19H18N4O2. The van der Waals surface area contributed by atoms with Gasteiger partial charge in [-0.05, 0) is 5.92 Å². The molecule has 126 valence electrons. The minimum atomic E-state index is -1.82. The van der Waals surface area contributed by atoms with Gasteiger partial charge in [-0.15, -0.1) is 0 Å². The van der Waals surface area contributed by atoms with Crippen LogP contribution >= 0.6 is 0 Å². The molecule has 2 fully saturated rings. The second-order valence-corrected chi connectivity index (χ2v) is 6.92. The van der Waals surface area contributed by atoms with Gasteiger partial charge < -0.3 is 9.47 Å². The molecule has 1 aromatic rings. The Morgan fingerprint density at radius 1 is 1.08 bits per heavy atom. The summed E-state index contributed by atoms with van der Waals surface area (Å²) in [6.45, 7) is 5.37. The molecule has 2 heterocycles. The predicted octanol–water partition coefficient (Wildman–Crippen LogP) is 3.08. The first-order valence-corrected chi connectivity index (χ1v) is 8.11. The van der Waals surface area contributed by atoms with E-state index in [1.165, 1.54) is 0 Å². The number of ether oxygens (including phenoxy) is 2. The van der Waals surface area contributed by atoms with Gasteiger partial charge in [0.2, 0.25) is 11.7 Å². The maximum atomic E-state index is 10.0. The molecule has 0 aromatic heterocycles. The summed E-state index contributed by atoms with van der Waals surface area (Å²) in [5, 5.41) is 38.3. The molecule has 3 rings (SSSR count). The topological polar surface area (TPSA) is 114 Å². The van der Waals surface area contributed by atoms with Crippen molar-refractivity contribution in [3.63, 3.8) is 0 Å². The van der Waals surface area contributed by atoms with Crippen molar-refractivity contribution >= 4 is 5.90 Å². The second kappa shape index (κ2) is 5.31. The van der Waals surface area contributed by atoms with Crippen LogP contribution in [0.25, 0.3) is 0 Å². The van der Waals surface area contributed by atoms with Crippen LogP contribution in [0.5, 0.6) is 0 Å². The lowest BCUT2D eigenvalue weighted by Gasteiger charge is -2.50. The highest BCUT2D eigenvalue weighted by atomic mass is 16.7. The van der Waals surface area contributed by atoms with E-state index >= 15 is 0 Å². The third-order valence-corrected chi connectivity index (χ3v) is 5.49. The van der Waals surface area contributed by atoms with Crippen LogP contribution in [0.2, 0.25) is 0 Å². The number of fused-ring (bicyclic) bond motifs is 2. The summed E-state index contributed by atoms with van der Waals surface area (Å²) in [6.07, 6.45) is -0.874. The number of benzene rings is 1. The maximum absolute atomic E-state index is 10.0. The minimum absolute atomic E-state index is 0.225.